The van der Waals surface area contributed by atoms with E-state index < -0.39 is 0 Å². The fourth-order valence-corrected chi connectivity index (χ4v) is 3.84. The van der Waals surface area contributed by atoms with Crippen molar-refractivity contribution in [3.05, 3.63) is 51.9 Å². The molecule has 0 spiro atoms. The predicted octanol–water partition coefficient (Wildman–Crippen LogP) is 2.08. The van der Waals surface area contributed by atoms with Crippen LogP contribution in [0.4, 0.5) is 0 Å². The van der Waals surface area contributed by atoms with Gasteiger partial charge in [0.1, 0.15) is 4.83 Å². The maximum atomic E-state index is 13.0. The van der Waals surface area contributed by atoms with Crippen molar-refractivity contribution in [1.82, 2.24) is 20.2 Å². The molecular weight excluding hydrogens is 400 g/mol. The first-order valence-electron chi connectivity index (χ1n) is 9.50. The third kappa shape index (κ3) is 5.13. The molecule has 7 nitrogen and oxygen atoms in total. The van der Waals surface area contributed by atoms with Crippen LogP contribution in [-0.2, 0) is 16.1 Å². The number of nitrogens with zero attached hydrogens (tertiary/aromatic N) is 2. The van der Waals surface area contributed by atoms with E-state index in [2.05, 4.69) is 21.5 Å². The summed E-state index contributed by atoms with van der Waals surface area (Å²) in [7, 11) is 0. The van der Waals surface area contributed by atoms with Crippen molar-refractivity contribution in [2.24, 2.45) is 0 Å². The molecule has 0 unspecified atom stereocenters. The van der Waals surface area contributed by atoms with Gasteiger partial charge >= 0.3 is 0 Å². The van der Waals surface area contributed by atoms with Crippen molar-refractivity contribution in [3.8, 4) is 23.5 Å². The number of thiophene rings is 1. The monoisotopic (exact) mass is 422 g/mol. The second-order valence-corrected chi connectivity index (χ2v) is 7.63. The quantitative estimate of drug-likeness (QED) is 0.544. The van der Waals surface area contributed by atoms with E-state index in [1.807, 2.05) is 36.6 Å². The smallest absolute Gasteiger partial charge is 0.262 e. The van der Waals surface area contributed by atoms with Gasteiger partial charge in [0, 0.05) is 36.9 Å². The molecule has 0 aliphatic carbocycles. The molecule has 8 heteroatoms. The van der Waals surface area contributed by atoms with Crippen LogP contribution in [0.2, 0.25) is 0 Å². The van der Waals surface area contributed by atoms with Crippen molar-refractivity contribution in [3.63, 3.8) is 0 Å². The van der Waals surface area contributed by atoms with Gasteiger partial charge in [0.25, 0.3) is 5.56 Å². The molecule has 3 rings (SSSR count). The summed E-state index contributed by atoms with van der Waals surface area (Å²) in [4.78, 5) is 41.6. The van der Waals surface area contributed by atoms with E-state index in [0.717, 1.165) is 16.7 Å². The van der Waals surface area contributed by atoms with Crippen LogP contribution in [0.3, 0.4) is 0 Å². The number of hydrogen-bond donors (Lipinski definition) is 2. The van der Waals surface area contributed by atoms with E-state index in [1.54, 1.807) is 0 Å². The molecule has 2 N–H and O–H groups in total. The molecule has 30 heavy (non-hydrogen) atoms. The highest BCUT2D eigenvalue weighted by atomic mass is 32.1. The molecule has 3 aromatic rings. The Morgan fingerprint density at radius 3 is 2.63 bits per heavy atom. The van der Waals surface area contributed by atoms with E-state index in [9.17, 15) is 14.4 Å². The Labute approximate surface area is 178 Å². The Kier molecular flexibility index (Phi) is 6.99. The maximum absolute atomic E-state index is 13.0. The first kappa shape index (κ1) is 21.3. The number of carbonyl (C=O) groups is 2. The number of aryl methyl sites for hydroxylation is 2. The minimum Gasteiger partial charge on any atom is -0.356 e. The topological polar surface area (TPSA) is 93.1 Å². The molecule has 2 aromatic heterocycles. The van der Waals surface area contributed by atoms with Gasteiger partial charge in [-0.1, -0.05) is 35.7 Å². The van der Waals surface area contributed by atoms with E-state index in [-0.39, 0.29) is 49.8 Å². The van der Waals surface area contributed by atoms with Gasteiger partial charge in [-0.25, -0.2) is 4.98 Å². The van der Waals surface area contributed by atoms with Crippen LogP contribution in [-0.4, -0.2) is 34.5 Å². The van der Waals surface area contributed by atoms with Gasteiger partial charge < -0.3 is 10.6 Å². The van der Waals surface area contributed by atoms with Crippen LogP contribution in [0.25, 0.3) is 21.3 Å². The number of benzene rings is 1. The average Bonchev–Trinajstić information content (AvgIpc) is 3.17. The average molecular weight is 423 g/mol. The van der Waals surface area contributed by atoms with Crippen LogP contribution in [0.5, 0.6) is 0 Å². The highest BCUT2D eigenvalue weighted by Crippen LogP contribution is 2.30. The number of aromatic nitrogens is 2. The normalized spacial score (nSPS) is 10.5. The van der Waals surface area contributed by atoms with E-state index in [0.29, 0.717) is 10.2 Å². The summed E-state index contributed by atoms with van der Waals surface area (Å²) in [6.07, 6.45) is 6.81. The highest BCUT2D eigenvalue weighted by molar-refractivity contribution is 7.17. The van der Waals surface area contributed by atoms with Gasteiger partial charge in [-0.05, 0) is 12.5 Å². The van der Waals surface area contributed by atoms with Crippen molar-refractivity contribution in [2.75, 3.05) is 13.1 Å². The molecule has 2 amide bonds. The van der Waals surface area contributed by atoms with Crippen molar-refractivity contribution in [2.45, 2.75) is 26.3 Å². The molecule has 0 fully saturated rings. The van der Waals surface area contributed by atoms with Gasteiger partial charge in [0.2, 0.25) is 11.8 Å². The molecule has 0 atom stereocenters. The third-order valence-electron chi connectivity index (χ3n) is 4.56. The van der Waals surface area contributed by atoms with Crippen LogP contribution < -0.4 is 16.2 Å². The highest BCUT2D eigenvalue weighted by Gasteiger charge is 2.14. The van der Waals surface area contributed by atoms with Crippen LogP contribution in [0, 0.1) is 19.3 Å². The molecule has 2 heterocycles. The molecule has 0 aliphatic rings. The fourth-order valence-electron chi connectivity index (χ4n) is 2.94. The standard InChI is InChI=1S/C22H22N4O3S/c1-3-10-23-18(27)8-11-24-19(28)9-12-26-14-25-21-20(22(26)29)17(13-30-21)16-6-4-15(2)5-7-16/h1,4-7,13-14H,8-12H2,2H3,(H,23,27)(H,24,28). The second-order valence-electron chi connectivity index (χ2n) is 6.77. The zero-order valence-electron chi connectivity index (χ0n) is 16.6. The van der Waals surface area contributed by atoms with Gasteiger partial charge in [-0.15, -0.1) is 17.8 Å². The van der Waals surface area contributed by atoms with Crippen molar-refractivity contribution >= 4 is 33.4 Å². The lowest BCUT2D eigenvalue weighted by molar-refractivity contribution is -0.122. The Morgan fingerprint density at radius 2 is 1.90 bits per heavy atom. The van der Waals surface area contributed by atoms with Crippen molar-refractivity contribution < 1.29 is 9.59 Å². The summed E-state index contributed by atoms with van der Waals surface area (Å²) < 4.78 is 1.45. The van der Waals surface area contributed by atoms with Crippen molar-refractivity contribution in [1.29, 1.82) is 0 Å². The zero-order valence-corrected chi connectivity index (χ0v) is 17.4. The zero-order chi connectivity index (χ0) is 21.5. The number of rotatable bonds is 8. The molecule has 0 radical (unpaired) electrons. The number of nitrogens with one attached hydrogen (secondary N) is 2. The van der Waals surface area contributed by atoms with E-state index in [1.165, 1.54) is 22.2 Å². The second kappa shape index (κ2) is 9.85. The number of fused-ring (bicyclic) bond motifs is 1. The fraction of sp³-hybridized carbons (Fsp3) is 0.273. The lowest BCUT2D eigenvalue weighted by atomic mass is 10.1. The summed E-state index contributed by atoms with van der Waals surface area (Å²) in [5.74, 6) is 1.85. The molecular formula is C22H22N4O3S. The van der Waals surface area contributed by atoms with Crippen LogP contribution in [0.1, 0.15) is 18.4 Å². The molecule has 154 valence electrons. The SMILES string of the molecule is C#CCNC(=O)CCNC(=O)CCn1cnc2scc(-c3ccc(C)cc3)c2c1=O. The van der Waals surface area contributed by atoms with Gasteiger partial charge in [-0.2, -0.15) is 0 Å². The first-order valence-corrected chi connectivity index (χ1v) is 10.4. The number of amides is 2. The third-order valence-corrected chi connectivity index (χ3v) is 5.45. The Bertz CT molecular complexity index is 1160. The lowest BCUT2D eigenvalue weighted by Gasteiger charge is -2.08. The Balaban J connectivity index is 1.65. The molecule has 0 saturated carbocycles. The van der Waals surface area contributed by atoms with Gasteiger partial charge in [0.05, 0.1) is 18.3 Å². The number of terminal acetylenes is 1. The Hall–Kier alpha value is -3.44. The summed E-state index contributed by atoms with van der Waals surface area (Å²) in [6.45, 7) is 2.60. The minimum atomic E-state index is -0.240. The molecule has 1 aromatic carbocycles. The minimum absolute atomic E-state index is 0.114. The van der Waals surface area contributed by atoms with Gasteiger partial charge in [0.15, 0.2) is 0 Å². The number of carbonyl (C=O) groups excluding carboxylic acids is 2. The molecule has 0 bridgehead atoms. The predicted molar refractivity (Wildman–Crippen MR) is 118 cm³/mol. The summed E-state index contributed by atoms with van der Waals surface area (Å²) >= 11 is 1.43. The lowest BCUT2D eigenvalue weighted by Crippen LogP contribution is -2.32. The summed E-state index contributed by atoms with van der Waals surface area (Å²) in [5, 5.41) is 7.70. The molecule has 0 aliphatic heterocycles. The van der Waals surface area contributed by atoms with Crippen LogP contribution in [0.15, 0.2) is 40.8 Å². The van der Waals surface area contributed by atoms with Gasteiger partial charge in [-0.3, -0.25) is 19.0 Å². The number of hydrogen-bond acceptors (Lipinski definition) is 5. The first-order chi connectivity index (χ1) is 14.5. The van der Waals surface area contributed by atoms with E-state index >= 15 is 0 Å². The largest absolute Gasteiger partial charge is 0.356 e. The van der Waals surface area contributed by atoms with E-state index in [4.69, 9.17) is 6.42 Å². The summed E-state index contributed by atoms with van der Waals surface area (Å²) in [6, 6.07) is 7.98. The maximum Gasteiger partial charge on any atom is 0.262 e. The van der Waals surface area contributed by atoms with Crippen LogP contribution >= 0.6 is 11.3 Å². The Morgan fingerprint density at radius 1 is 1.17 bits per heavy atom. The molecule has 0 saturated heterocycles. The summed E-state index contributed by atoms with van der Waals surface area (Å²) in [5.41, 5.74) is 2.79.